The van der Waals surface area contributed by atoms with Crippen molar-refractivity contribution in [3.8, 4) is 6.07 Å². The largest absolute Gasteiger partial charge is 0.417 e. The van der Waals surface area contributed by atoms with Crippen LogP contribution in [0.15, 0.2) is 12.1 Å². The molecule has 1 rings (SSSR count). The summed E-state index contributed by atoms with van der Waals surface area (Å²) >= 11 is 4.93. The van der Waals surface area contributed by atoms with Gasteiger partial charge in [-0.05, 0) is 17.7 Å². The highest BCUT2D eigenvalue weighted by molar-refractivity contribution is 6.68. The molecule has 0 fully saturated rings. The Kier molecular flexibility index (Phi) is 3.57. The molecule has 0 bridgehead atoms. The van der Waals surface area contributed by atoms with Gasteiger partial charge < -0.3 is 0 Å². The van der Waals surface area contributed by atoms with Gasteiger partial charge in [0.05, 0.1) is 22.1 Å². The highest BCUT2D eigenvalue weighted by Crippen LogP contribution is 2.37. The van der Waals surface area contributed by atoms with Gasteiger partial charge in [0.2, 0.25) is 0 Å². The predicted molar refractivity (Wildman–Crippen MR) is 53.0 cm³/mol. The summed E-state index contributed by atoms with van der Waals surface area (Å²) in [6.45, 7) is 0. The van der Waals surface area contributed by atoms with Crippen molar-refractivity contribution in [2.24, 2.45) is 0 Å². The number of alkyl halides is 3. The van der Waals surface area contributed by atoms with Crippen molar-refractivity contribution in [3.63, 3.8) is 0 Å². The van der Waals surface area contributed by atoms with Crippen molar-refractivity contribution in [1.82, 2.24) is 0 Å². The van der Waals surface area contributed by atoms with Crippen molar-refractivity contribution in [2.45, 2.75) is 6.18 Å². The molecule has 0 aliphatic heterocycles. The molecule has 5 nitrogen and oxygen atoms in total. The standard InChI is InChI=1S/C9H2ClF3N2O3/c10-8(16)7-5(9(11,12)13)1-4(3-14)2-6(7)15(17)18/h1-2H. The lowest BCUT2D eigenvalue weighted by Gasteiger charge is -2.10. The lowest BCUT2D eigenvalue weighted by Crippen LogP contribution is -2.13. The zero-order valence-corrected chi connectivity index (χ0v) is 9.04. The SMILES string of the molecule is N#Cc1cc([N+](=O)[O-])c(C(=O)Cl)c(C(F)(F)F)c1. The van der Waals surface area contributed by atoms with Crippen LogP contribution in [0.25, 0.3) is 0 Å². The van der Waals surface area contributed by atoms with E-state index in [1.165, 1.54) is 6.07 Å². The third-order valence-corrected chi connectivity index (χ3v) is 2.13. The van der Waals surface area contributed by atoms with E-state index in [0.717, 1.165) is 0 Å². The Labute approximate surface area is 103 Å². The summed E-state index contributed by atoms with van der Waals surface area (Å²) in [6.07, 6.45) is -5.03. The molecule has 0 N–H and O–H groups in total. The first-order chi connectivity index (χ1) is 8.18. The summed E-state index contributed by atoms with van der Waals surface area (Å²) in [5, 5.41) is 17.5. The third-order valence-electron chi connectivity index (χ3n) is 1.95. The molecule has 0 atom stereocenters. The van der Waals surface area contributed by atoms with Gasteiger partial charge in [-0.3, -0.25) is 14.9 Å². The Balaban J connectivity index is 3.79. The van der Waals surface area contributed by atoms with Crippen LogP contribution in [0, 0.1) is 21.4 Å². The van der Waals surface area contributed by atoms with E-state index in [4.69, 9.17) is 16.9 Å². The summed E-state index contributed by atoms with van der Waals surface area (Å²) in [5.74, 6) is 0. The van der Waals surface area contributed by atoms with Gasteiger partial charge >= 0.3 is 6.18 Å². The van der Waals surface area contributed by atoms with Crippen molar-refractivity contribution in [2.75, 3.05) is 0 Å². The smallest absolute Gasteiger partial charge is 0.275 e. The van der Waals surface area contributed by atoms with Crippen LogP contribution >= 0.6 is 11.6 Å². The highest BCUT2D eigenvalue weighted by Gasteiger charge is 2.39. The number of nitriles is 1. The lowest BCUT2D eigenvalue weighted by molar-refractivity contribution is -0.385. The normalized spacial score (nSPS) is 10.8. The molecule has 0 heterocycles. The van der Waals surface area contributed by atoms with Crippen LogP contribution in [0.3, 0.4) is 0 Å². The average molecular weight is 279 g/mol. The first-order valence-electron chi connectivity index (χ1n) is 4.18. The second-order valence-electron chi connectivity index (χ2n) is 3.06. The number of nitrogens with zero attached hydrogens (tertiary/aromatic N) is 2. The third kappa shape index (κ3) is 2.57. The Hall–Kier alpha value is -2.14. The fourth-order valence-electron chi connectivity index (χ4n) is 1.27. The molecular weight excluding hydrogens is 277 g/mol. The second-order valence-corrected chi connectivity index (χ2v) is 3.40. The molecule has 9 heteroatoms. The fourth-order valence-corrected chi connectivity index (χ4v) is 1.46. The lowest BCUT2D eigenvalue weighted by atomic mass is 10.0. The predicted octanol–water partition coefficient (Wildman–Crippen LogP) is 2.86. The minimum absolute atomic E-state index is 0.336. The van der Waals surface area contributed by atoms with Crippen molar-refractivity contribution in [3.05, 3.63) is 38.9 Å². The topological polar surface area (TPSA) is 84.0 Å². The molecule has 1 aromatic rings. The molecule has 0 saturated heterocycles. The number of nitro benzene ring substituents is 1. The van der Waals surface area contributed by atoms with Gasteiger partial charge in [0.1, 0.15) is 5.56 Å². The maximum atomic E-state index is 12.6. The van der Waals surface area contributed by atoms with Gasteiger partial charge in [0.15, 0.2) is 0 Å². The molecule has 0 aliphatic rings. The summed E-state index contributed by atoms with van der Waals surface area (Å²) < 4.78 is 37.9. The Bertz CT molecular complexity index is 578. The highest BCUT2D eigenvalue weighted by atomic mass is 35.5. The van der Waals surface area contributed by atoms with E-state index in [-0.39, 0.29) is 0 Å². The van der Waals surface area contributed by atoms with E-state index in [0.29, 0.717) is 12.1 Å². The van der Waals surface area contributed by atoms with E-state index in [9.17, 15) is 28.1 Å². The number of carbonyl (C=O) groups is 1. The second kappa shape index (κ2) is 4.62. The summed E-state index contributed by atoms with van der Waals surface area (Å²) in [4.78, 5) is 20.3. The molecule has 0 radical (unpaired) electrons. The molecule has 0 amide bonds. The van der Waals surface area contributed by atoms with E-state index >= 15 is 0 Å². The monoisotopic (exact) mass is 278 g/mol. The van der Waals surface area contributed by atoms with Gasteiger partial charge in [-0.2, -0.15) is 18.4 Å². The quantitative estimate of drug-likeness (QED) is 0.473. The molecule has 18 heavy (non-hydrogen) atoms. The van der Waals surface area contributed by atoms with E-state index in [1.807, 2.05) is 0 Å². The van der Waals surface area contributed by atoms with E-state index in [2.05, 4.69) is 0 Å². The average Bonchev–Trinajstić information content (AvgIpc) is 2.25. The van der Waals surface area contributed by atoms with Crippen LogP contribution in [0.4, 0.5) is 18.9 Å². The first-order valence-corrected chi connectivity index (χ1v) is 4.56. The Morgan fingerprint density at radius 3 is 2.33 bits per heavy atom. The van der Waals surface area contributed by atoms with Gasteiger partial charge in [-0.1, -0.05) is 0 Å². The van der Waals surface area contributed by atoms with Crippen LogP contribution in [0.5, 0.6) is 0 Å². The molecule has 0 spiro atoms. The number of hydrogen-bond acceptors (Lipinski definition) is 4. The molecule has 0 saturated carbocycles. The van der Waals surface area contributed by atoms with Crippen molar-refractivity contribution < 1.29 is 22.9 Å². The Morgan fingerprint density at radius 1 is 1.44 bits per heavy atom. The summed E-state index contributed by atoms with van der Waals surface area (Å²) in [6, 6.07) is 2.24. The van der Waals surface area contributed by atoms with Crippen LogP contribution in [0.1, 0.15) is 21.5 Å². The molecule has 0 aromatic heterocycles. The van der Waals surface area contributed by atoms with Crippen LogP contribution < -0.4 is 0 Å². The number of rotatable bonds is 2. The summed E-state index contributed by atoms with van der Waals surface area (Å²) in [5.41, 5.74) is -4.61. The van der Waals surface area contributed by atoms with Crippen molar-refractivity contribution >= 4 is 22.5 Å². The number of benzene rings is 1. The zero-order valence-electron chi connectivity index (χ0n) is 8.29. The Morgan fingerprint density at radius 2 is 2.00 bits per heavy atom. The number of hydrogen-bond donors (Lipinski definition) is 0. The van der Waals surface area contributed by atoms with Crippen LogP contribution in [0.2, 0.25) is 0 Å². The number of nitro groups is 1. The van der Waals surface area contributed by atoms with E-state index < -0.39 is 38.7 Å². The first kappa shape index (κ1) is 13.9. The molecule has 1 aromatic carbocycles. The van der Waals surface area contributed by atoms with E-state index in [1.54, 1.807) is 0 Å². The molecule has 0 aliphatic carbocycles. The zero-order chi connectivity index (χ0) is 14.1. The van der Waals surface area contributed by atoms with Gasteiger partial charge in [-0.15, -0.1) is 0 Å². The van der Waals surface area contributed by atoms with Gasteiger partial charge in [0, 0.05) is 6.07 Å². The number of halogens is 4. The fraction of sp³-hybridized carbons (Fsp3) is 0.111. The minimum atomic E-state index is -5.03. The summed E-state index contributed by atoms with van der Waals surface area (Å²) in [7, 11) is 0. The van der Waals surface area contributed by atoms with Crippen LogP contribution in [-0.4, -0.2) is 10.2 Å². The maximum absolute atomic E-state index is 12.6. The minimum Gasteiger partial charge on any atom is -0.275 e. The molecular formula is C9H2ClF3N2O3. The number of carbonyl (C=O) groups excluding carboxylic acids is 1. The maximum Gasteiger partial charge on any atom is 0.417 e. The van der Waals surface area contributed by atoms with Gasteiger partial charge in [0.25, 0.3) is 10.9 Å². The molecule has 94 valence electrons. The van der Waals surface area contributed by atoms with Crippen molar-refractivity contribution in [1.29, 1.82) is 5.26 Å². The molecule has 0 unspecified atom stereocenters. The van der Waals surface area contributed by atoms with Crippen LogP contribution in [-0.2, 0) is 6.18 Å². The van der Waals surface area contributed by atoms with Gasteiger partial charge in [-0.25, -0.2) is 0 Å².